The second-order valence-corrected chi connectivity index (χ2v) is 7.18. The molecule has 0 fully saturated rings. The van der Waals surface area contributed by atoms with Crippen molar-refractivity contribution in [2.24, 2.45) is 7.05 Å². The van der Waals surface area contributed by atoms with Crippen molar-refractivity contribution in [3.05, 3.63) is 47.5 Å². The van der Waals surface area contributed by atoms with Crippen LogP contribution in [0.3, 0.4) is 0 Å². The Hall–Kier alpha value is -2.30. The summed E-state index contributed by atoms with van der Waals surface area (Å²) in [4.78, 5) is 18.7. The Morgan fingerprint density at radius 3 is 2.57 bits per heavy atom. The van der Waals surface area contributed by atoms with Gasteiger partial charge in [-0.2, -0.15) is 0 Å². The highest BCUT2D eigenvalue weighted by Crippen LogP contribution is 2.24. The second-order valence-electron chi connectivity index (χ2n) is 7.18. The van der Waals surface area contributed by atoms with Crippen LogP contribution in [0, 0.1) is 0 Å². The van der Waals surface area contributed by atoms with Crippen molar-refractivity contribution in [1.82, 2.24) is 14.5 Å². The molecule has 2 amide bonds. The van der Waals surface area contributed by atoms with E-state index in [1.165, 1.54) is 5.56 Å². The van der Waals surface area contributed by atoms with Gasteiger partial charge in [-0.1, -0.05) is 32.9 Å². The Labute approximate surface area is 137 Å². The molecule has 0 saturated heterocycles. The molecule has 0 unspecified atom stereocenters. The molecule has 1 aromatic carbocycles. The third kappa shape index (κ3) is 3.23. The smallest absolute Gasteiger partial charge is 0.322 e. The maximum absolute atomic E-state index is 12.5. The number of aromatic nitrogens is 2. The lowest BCUT2D eigenvalue weighted by Gasteiger charge is -2.27. The summed E-state index contributed by atoms with van der Waals surface area (Å²) in [7, 11) is 1.97. The minimum atomic E-state index is -0.0552. The van der Waals surface area contributed by atoms with Gasteiger partial charge in [0, 0.05) is 25.7 Å². The van der Waals surface area contributed by atoms with Crippen LogP contribution >= 0.6 is 0 Å². The van der Waals surface area contributed by atoms with Crippen LogP contribution in [-0.4, -0.2) is 27.0 Å². The summed E-state index contributed by atoms with van der Waals surface area (Å²) in [6.45, 7) is 7.85. The Bertz CT molecular complexity index is 710. The molecule has 122 valence electrons. The van der Waals surface area contributed by atoms with Crippen molar-refractivity contribution in [3.63, 3.8) is 0 Å². The van der Waals surface area contributed by atoms with Crippen molar-refractivity contribution in [2.75, 3.05) is 11.9 Å². The highest BCUT2D eigenvalue weighted by Gasteiger charge is 2.23. The number of carbonyl (C=O) groups excluding carboxylic acids is 1. The van der Waals surface area contributed by atoms with E-state index in [1.54, 1.807) is 0 Å². The number of hydrogen-bond acceptors (Lipinski definition) is 2. The lowest BCUT2D eigenvalue weighted by molar-refractivity contribution is 0.204. The SMILES string of the molecule is Cn1cnc2c1CN(C(=O)Nc1ccc(C(C)(C)C)cc1)CC2. The van der Waals surface area contributed by atoms with Gasteiger partial charge in [0.25, 0.3) is 0 Å². The molecule has 0 atom stereocenters. The molecule has 3 rings (SSSR count). The van der Waals surface area contributed by atoms with Crippen molar-refractivity contribution in [1.29, 1.82) is 0 Å². The van der Waals surface area contributed by atoms with Crippen LogP contribution in [0.5, 0.6) is 0 Å². The largest absolute Gasteiger partial charge is 0.336 e. The minimum Gasteiger partial charge on any atom is -0.336 e. The summed E-state index contributed by atoms with van der Waals surface area (Å²) in [6, 6.07) is 8.03. The van der Waals surface area contributed by atoms with E-state index in [1.807, 2.05) is 35.0 Å². The fourth-order valence-corrected chi connectivity index (χ4v) is 2.85. The van der Waals surface area contributed by atoms with Gasteiger partial charge < -0.3 is 14.8 Å². The molecule has 0 radical (unpaired) electrons. The van der Waals surface area contributed by atoms with Gasteiger partial charge >= 0.3 is 6.03 Å². The van der Waals surface area contributed by atoms with Crippen LogP contribution in [-0.2, 0) is 25.4 Å². The van der Waals surface area contributed by atoms with Crippen LogP contribution in [0.2, 0.25) is 0 Å². The summed E-state index contributed by atoms with van der Waals surface area (Å²) in [5, 5.41) is 2.99. The third-order valence-electron chi connectivity index (χ3n) is 4.39. The van der Waals surface area contributed by atoms with Gasteiger partial charge in [-0.15, -0.1) is 0 Å². The van der Waals surface area contributed by atoms with Gasteiger partial charge in [0.15, 0.2) is 0 Å². The van der Waals surface area contributed by atoms with E-state index in [-0.39, 0.29) is 11.4 Å². The van der Waals surface area contributed by atoms with Crippen LogP contribution in [0.15, 0.2) is 30.6 Å². The molecule has 0 saturated carbocycles. The summed E-state index contributed by atoms with van der Waals surface area (Å²) < 4.78 is 1.99. The van der Waals surface area contributed by atoms with Crippen molar-refractivity contribution in [3.8, 4) is 0 Å². The number of nitrogens with one attached hydrogen (secondary N) is 1. The van der Waals surface area contributed by atoms with Crippen molar-refractivity contribution in [2.45, 2.75) is 39.2 Å². The number of amides is 2. The summed E-state index contributed by atoms with van der Waals surface area (Å²) in [5.74, 6) is 0. The third-order valence-corrected chi connectivity index (χ3v) is 4.39. The lowest BCUT2D eigenvalue weighted by atomic mass is 9.87. The second kappa shape index (κ2) is 5.72. The maximum Gasteiger partial charge on any atom is 0.322 e. The number of aryl methyl sites for hydroxylation is 1. The predicted octanol–water partition coefficient (Wildman–Crippen LogP) is 3.31. The van der Waals surface area contributed by atoms with E-state index in [0.717, 1.165) is 23.5 Å². The fraction of sp³-hybridized carbons (Fsp3) is 0.444. The van der Waals surface area contributed by atoms with E-state index >= 15 is 0 Å². The van der Waals surface area contributed by atoms with Crippen LogP contribution in [0.4, 0.5) is 10.5 Å². The zero-order chi connectivity index (χ0) is 16.6. The quantitative estimate of drug-likeness (QED) is 0.878. The van der Waals surface area contributed by atoms with Crippen molar-refractivity contribution < 1.29 is 4.79 Å². The van der Waals surface area contributed by atoms with Gasteiger partial charge in [-0.3, -0.25) is 0 Å². The number of imidazole rings is 1. The van der Waals surface area contributed by atoms with Gasteiger partial charge in [-0.05, 0) is 23.1 Å². The molecular weight excluding hydrogens is 288 g/mol. The van der Waals surface area contributed by atoms with E-state index in [0.29, 0.717) is 13.1 Å². The normalized spacial score (nSPS) is 14.5. The molecule has 2 heterocycles. The summed E-state index contributed by atoms with van der Waals surface area (Å²) >= 11 is 0. The maximum atomic E-state index is 12.5. The number of fused-ring (bicyclic) bond motifs is 1. The average molecular weight is 312 g/mol. The number of anilines is 1. The minimum absolute atomic E-state index is 0.0552. The van der Waals surface area contributed by atoms with E-state index in [2.05, 4.69) is 43.2 Å². The first-order chi connectivity index (χ1) is 10.8. The lowest BCUT2D eigenvalue weighted by Crippen LogP contribution is -2.39. The molecule has 5 nitrogen and oxygen atoms in total. The van der Waals surface area contributed by atoms with Gasteiger partial charge in [0.2, 0.25) is 0 Å². The van der Waals surface area contributed by atoms with E-state index < -0.39 is 0 Å². The molecule has 1 aliphatic rings. The van der Waals surface area contributed by atoms with Crippen LogP contribution in [0.25, 0.3) is 0 Å². The highest BCUT2D eigenvalue weighted by molar-refractivity contribution is 5.89. The molecule has 1 aromatic heterocycles. The topological polar surface area (TPSA) is 50.2 Å². The molecule has 1 N–H and O–H groups in total. The van der Waals surface area contributed by atoms with Crippen molar-refractivity contribution >= 4 is 11.7 Å². The molecule has 5 heteroatoms. The van der Waals surface area contributed by atoms with Gasteiger partial charge in [0.05, 0.1) is 24.3 Å². The molecule has 2 aromatic rings. The predicted molar refractivity (Wildman–Crippen MR) is 91.5 cm³/mol. The zero-order valence-corrected chi connectivity index (χ0v) is 14.3. The number of rotatable bonds is 1. The number of hydrogen-bond donors (Lipinski definition) is 1. The highest BCUT2D eigenvalue weighted by atomic mass is 16.2. The number of carbonyl (C=O) groups is 1. The zero-order valence-electron chi connectivity index (χ0n) is 14.3. The monoisotopic (exact) mass is 312 g/mol. The molecule has 0 spiro atoms. The first kappa shape index (κ1) is 15.6. The molecule has 0 bridgehead atoms. The average Bonchev–Trinajstić information content (AvgIpc) is 2.88. The summed E-state index contributed by atoms with van der Waals surface area (Å²) in [6.07, 6.45) is 2.63. The Morgan fingerprint density at radius 1 is 1.22 bits per heavy atom. The summed E-state index contributed by atoms with van der Waals surface area (Å²) in [5.41, 5.74) is 4.43. The van der Waals surface area contributed by atoms with E-state index in [4.69, 9.17) is 0 Å². The van der Waals surface area contributed by atoms with Gasteiger partial charge in [-0.25, -0.2) is 9.78 Å². The first-order valence-corrected chi connectivity index (χ1v) is 8.00. The Morgan fingerprint density at radius 2 is 1.91 bits per heavy atom. The Balaban J connectivity index is 1.67. The van der Waals surface area contributed by atoms with E-state index in [9.17, 15) is 4.79 Å². The molecular formula is C18H24N4O. The number of nitrogens with zero attached hydrogens (tertiary/aromatic N) is 3. The number of benzene rings is 1. The molecule has 23 heavy (non-hydrogen) atoms. The van der Waals surface area contributed by atoms with Crippen LogP contribution < -0.4 is 5.32 Å². The molecule has 1 aliphatic heterocycles. The Kier molecular flexibility index (Phi) is 3.88. The molecule has 0 aliphatic carbocycles. The fourth-order valence-electron chi connectivity index (χ4n) is 2.85. The number of urea groups is 1. The first-order valence-electron chi connectivity index (χ1n) is 8.00. The standard InChI is InChI=1S/C18H24N4O/c1-18(2,3)13-5-7-14(8-6-13)20-17(23)22-10-9-15-16(11-22)21(4)12-19-15/h5-8,12H,9-11H2,1-4H3,(H,20,23). The van der Waals surface area contributed by atoms with Crippen LogP contribution in [0.1, 0.15) is 37.7 Å². The van der Waals surface area contributed by atoms with Gasteiger partial charge in [0.1, 0.15) is 0 Å².